The van der Waals surface area contributed by atoms with Crippen molar-refractivity contribution in [2.24, 2.45) is 0 Å². The Kier molecular flexibility index (Phi) is 9.64. The summed E-state index contributed by atoms with van der Waals surface area (Å²) in [7, 11) is 3.16. The first-order chi connectivity index (χ1) is 17.0. The smallest absolute Gasteiger partial charge is 0.408 e. The van der Waals surface area contributed by atoms with Crippen LogP contribution in [0.4, 0.5) is 4.79 Å². The molecule has 2 amide bonds. The highest BCUT2D eigenvalue weighted by Gasteiger charge is 2.44. The summed E-state index contributed by atoms with van der Waals surface area (Å²) >= 11 is 6.03. The first kappa shape index (κ1) is 28.3. The summed E-state index contributed by atoms with van der Waals surface area (Å²) in [5, 5.41) is 3.37. The van der Waals surface area contributed by atoms with Gasteiger partial charge in [0.1, 0.15) is 17.7 Å². The highest BCUT2D eigenvalue weighted by atomic mass is 35.5. The first-order valence-electron chi connectivity index (χ1n) is 12.8. The number of amides is 2. The Morgan fingerprint density at radius 2 is 1.78 bits per heavy atom. The third kappa shape index (κ3) is 7.59. The van der Waals surface area contributed by atoms with E-state index in [0.29, 0.717) is 30.5 Å². The van der Waals surface area contributed by atoms with E-state index in [1.165, 1.54) is 13.5 Å². The molecule has 2 fully saturated rings. The minimum atomic E-state index is -0.827. The van der Waals surface area contributed by atoms with Crippen molar-refractivity contribution in [2.75, 3.05) is 20.7 Å². The number of carbonyl (C=O) groups is 3. The molecule has 0 aromatic heterocycles. The van der Waals surface area contributed by atoms with E-state index in [9.17, 15) is 14.4 Å². The summed E-state index contributed by atoms with van der Waals surface area (Å²) in [6.07, 6.45) is 5.78. The van der Waals surface area contributed by atoms with E-state index in [1.807, 2.05) is 12.1 Å². The fraction of sp³-hybridized carbons (Fsp3) is 0.667. The van der Waals surface area contributed by atoms with Crippen LogP contribution < -0.4 is 5.32 Å². The SMILES string of the molecule is COC(=O)[C@@H]1C[C@H](N(C)C(=O)[C@H](Cc2ccc(Cl)cc2)NC(=O)OC(C)(C)C)CN1C1CCCCC1. The predicted octanol–water partition coefficient (Wildman–Crippen LogP) is 4.18. The van der Waals surface area contributed by atoms with Gasteiger partial charge in [-0.05, 0) is 57.7 Å². The van der Waals surface area contributed by atoms with Crippen molar-refractivity contribution < 1.29 is 23.9 Å². The van der Waals surface area contributed by atoms with E-state index in [-0.39, 0.29) is 24.0 Å². The van der Waals surface area contributed by atoms with Crippen LogP contribution in [0.1, 0.15) is 64.9 Å². The lowest BCUT2D eigenvalue weighted by molar-refractivity contribution is -0.147. The second kappa shape index (κ2) is 12.3. The lowest BCUT2D eigenvalue weighted by Gasteiger charge is -2.35. The molecule has 0 unspecified atom stereocenters. The zero-order chi connectivity index (χ0) is 26.5. The van der Waals surface area contributed by atoms with Crippen molar-refractivity contribution in [2.45, 2.75) is 95.5 Å². The molecule has 0 radical (unpaired) electrons. The van der Waals surface area contributed by atoms with Crippen molar-refractivity contribution >= 4 is 29.6 Å². The Morgan fingerprint density at radius 1 is 1.14 bits per heavy atom. The van der Waals surface area contributed by atoms with E-state index in [2.05, 4.69) is 10.2 Å². The van der Waals surface area contributed by atoms with E-state index in [1.54, 1.807) is 44.9 Å². The Morgan fingerprint density at radius 3 is 2.36 bits per heavy atom. The molecule has 1 aliphatic heterocycles. The number of nitrogens with zero attached hydrogens (tertiary/aromatic N) is 2. The zero-order valence-electron chi connectivity index (χ0n) is 22.1. The van der Waals surface area contributed by atoms with Gasteiger partial charge in [0.05, 0.1) is 7.11 Å². The Bertz CT molecular complexity index is 911. The molecule has 0 spiro atoms. The zero-order valence-corrected chi connectivity index (χ0v) is 22.8. The van der Waals surface area contributed by atoms with Gasteiger partial charge in [-0.25, -0.2) is 4.79 Å². The molecular weight excluding hydrogens is 482 g/mol. The monoisotopic (exact) mass is 521 g/mol. The molecule has 1 N–H and O–H groups in total. The topological polar surface area (TPSA) is 88.2 Å². The van der Waals surface area contributed by atoms with Crippen LogP contribution in [0.15, 0.2) is 24.3 Å². The van der Waals surface area contributed by atoms with Gasteiger partial charge in [-0.3, -0.25) is 14.5 Å². The number of hydrogen-bond donors (Lipinski definition) is 1. The number of carbonyl (C=O) groups excluding carboxylic acids is 3. The summed E-state index contributed by atoms with van der Waals surface area (Å²) in [4.78, 5) is 42.9. The Hall–Kier alpha value is -2.32. The summed E-state index contributed by atoms with van der Waals surface area (Å²) < 4.78 is 10.5. The number of ether oxygens (including phenoxy) is 2. The number of halogens is 1. The quantitative estimate of drug-likeness (QED) is 0.541. The van der Waals surface area contributed by atoms with Crippen LogP contribution in [0.25, 0.3) is 0 Å². The van der Waals surface area contributed by atoms with Crippen LogP contribution in [0.3, 0.4) is 0 Å². The van der Waals surface area contributed by atoms with Crippen LogP contribution >= 0.6 is 11.6 Å². The van der Waals surface area contributed by atoms with Crippen LogP contribution in [0, 0.1) is 0 Å². The fourth-order valence-electron chi connectivity index (χ4n) is 5.23. The standard InChI is InChI=1S/C27H40ClN3O5/c1-27(2,3)36-26(34)29-22(15-18-11-13-19(28)14-12-18)24(32)30(4)21-16-23(25(33)35-5)31(17-21)20-9-7-6-8-10-20/h11-14,20-23H,6-10,15-17H2,1-5H3,(H,29,34)/t21-,22-,23-/m0/s1. The third-order valence-electron chi connectivity index (χ3n) is 7.07. The van der Waals surface area contributed by atoms with Gasteiger partial charge in [-0.1, -0.05) is 43.0 Å². The maximum Gasteiger partial charge on any atom is 0.408 e. The summed E-state index contributed by atoms with van der Waals surface area (Å²) in [5.41, 5.74) is 0.175. The molecule has 1 saturated carbocycles. The van der Waals surface area contributed by atoms with Crippen LogP contribution in [0.2, 0.25) is 5.02 Å². The first-order valence-corrected chi connectivity index (χ1v) is 13.2. The van der Waals surface area contributed by atoms with Gasteiger partial charge in [0, 0.05) is 37.1 Å². The number of benzene rings is 1. The lowest BCUT2D eigenvalue weighted by atomic mass is 9.94. The maximum atomic E-state index is 13.7. The minimum Gasteiger partial charge on any atom is -0.468 e. The largest absolute Gasteiger partial charge is 0.468 e. The summed E-state index contributed by atoms with van der Waals surface area (Å²) in [5.74, 6) is -0.483. The van der Waals surface area contributed by atoms with Gasteiger partial charge in [0.25, 0.3) is 0 Å². The van der Waals surface area contributed by atoms with Gasteiger partial charge in [-0.2, -0.15) is 0 Å². The molecule has 1 saturated heterocycles. The van der Waals surface area contributed by atoms with Crippen molar-refractivity contribution in [3.63, 3.8) is 0 Å². The molecule has 2 aliphatic rings. The number of rotatable bonds is 7. The summed E-state index contributed by atoms with van der Waals surface area (Å²) in [6.45, 7) is 5.94. The predicted molar refractivity (Wildman–Crippen MR) is 139 cm³/mol. The van der Waals surface area contributed by atoms with Crippen molar-refractivity contribution in [1.82, 2.24) is 15.1 Å². The molecule has 200 valence electrons. The van der Waals surface area contributed by atoms with Gasteiger partial charge in [0.2, 0.25) is 5.91 Å². The van der Waals surface area contributed by atoms with Gasteiger partial charge >= 0.3 is 12.1 Å². The third-order valence-corrected chi connectivity index (χ3v) is 7.32. The highest BCUT2D eigenvalue weighted by Crippen LogP contribution is 2.31. The average molecular weight is 522 g/mol. The van der Waals surface area contributed by atoms with E-state index < -0.39 is 17.7 Å². The molecule has 3 rings (SSSR count). The molecule has 8 nitrogen and oxygen atoms in total. The second-order valence-corrected chi connectivity index (χ2v) is 11.3. The number of likely N-dealkylation sites (tertiary alicyclic amines) is 1. The van der Waals surface area contributed by atoms with Crippen LogP contribution in [-0.2, 0) is 25.5 Å². The molecule has 1 heterocycles. The van der Waals surface area contributed by atoms with Crippen molar-refractivity contribution in [1.29, 1.82) is 0 Å². The van der Waals surface area contributed by atoms with E-state index >= 15 is 0 Å². The Labute approximate surface area is 219 Å². The molecule has 0 bridgehead atoms. The molecular formula is C27H40ClN3O5. The number of alkyl carbamates (subject to hydrolysis) is 1. The summed E-state index contributed by atoms with van der Waals surface area (Å²) in [6, 6.07) is 6.15. The highest BCUT2D eigenvalue weighted by molar-refractivity contribution is 6.30. The second-order valence-electron chi connectivity index (χ2n) is 10.9. The molecule has 36 heavy (non-hydrogen) atoms. The van der Waals surface area contributed by atoms with Gasteiger partial charge in [-0.15, -0.1) is 0 Å². The average Bonchev–Trinajstić information content (AvgIpc) is 3.28. The number of methoxy groups -OCH3 is 1. The fourth-order valence-corrected chi connectivity index (χ4v) is 5.36. The van der Waals surface area contributed by atoms with E-state index in [4.69, 9.17) is 21.1 Å². The lowest BCUT2D eigenvalue weighted by Crippen LogP contribution is -2.52. The van der Waals surface area contributed by atoms with Crippen LogP contribution in [0.5, 0.6) is 0 Å². The molecule has 1 aliphatic carbocycles. The van der Waals surface area contributed by atoms with Crippen molar-refractivity contribution in [3.05, 3.63) is 34.9 Å². The minimum absolute atomic E-state index is 0.170. The van der Waals surface area contributed by atoms with Gasteiger partial charge in [0.15, 0.2) is 0 Å². The van der Waals surface area contributed by atoms with Gasteiger partial charge < -0.3 is 19.7 Å². The number of hydrogen-bond acceptors (Lipinski definition) is 6. The normalized spacial score (nSPS) is 22.1. The van der Waals surface area contributed by atoms with E-state index in [0.717, 1.165) is 31.2 Å². The molecule has 9 heteroatoms. The molecule has 3 atom stereocenters. The Balaban J connectivity index is 1.77. The number of nitrogens with one attached hydrogen (secondary N) is 1. The maximum absolute atomic E-state index is 13.7. The number of likely N-dealkylation sites (N-methyl/N-ethyl adjacent to an activating group) is 1. The van der Waals surface area contributed by atoms with Crippen LogP contribution in [-0.4, -0.2) is 78.2 Å². The number of esters is 1. The van der Waals surface area contributed by atoms with Crippen molar-refractivity contribution in [3.8, 4) is 0 Å². The molecule has 1 aromatic rings. The molecule has 1 aromatic carbocycles.